The van der Waals surface area contributed by atoms with Crippen LogP contribution in [0.25, 0.3) is 0 Å². The van der Waals surface area contributed by atoms with E-state index in [1.165, 1.54) is 0 Å². The van der Waals surface area contributed by atoms with Crippen molar-refractivity contribution in [2.75, 3.05) is 6.79 Å². The molecule has 2 heterocycles. The number of hydrogen-bond acceptors (Lipinski definition) is 5. The largest absolute Gasteiger partial charge is 0.454 e. The smallest absolute Gasteiger partial charge is 0.238 e. The van der Waals surface area contributed by atoms with Crippen LogP contribution in [0.15, 0.2) is 42.5 Å². The molecule has 2 unspecified atom stereocenters. The number of amides is 1. The summed E-state index contributed by atoms with van der Waals surface area (Å²) in [5, 5.41) is 3.66. The molecule has 0 aliphatic carbocycles. The maximum atomic E-state index is 12.4. The highest BCUT2D eigenvalue weighted by atomic mass is 35.5. The Bertz CT molecular complexity index is 782. The highest BCUT2D eigenvalue weighted by molar-refractivity contribution is 6.30. The van der Waals surface area contributed by atoms with Crippen LogP contribution >= 0.6 is 11.6 Å². The molecule has 0 bridgehead atoms. The molecule has 130 valence electrons. The second kappa shape index (κ2) is 6.92. The molecular formula is C18H18ClN3O3. The molecule has 0 saturated carbocycles. The fraction of sp³-hybridized carbons (Fsp3) is 0.278. The number of benzene rings is 2. The summed E-state index contributed by atoms with van der Waals surface area (Å²) in [5.74, 6) is 1.42. The fourth-order valence-electron chi connectivity index (χ4n) is 3.01. The summed E-state index contributed by atoms with van der Waals surface area (Å²) >= 11 is 5.92. The van der Waals surface area contributed by atoms with E-state index >= 15 is 0 Å². The van der Waals surface area contributed by atoms with E-state index in [4.69, 9.17) is 21.1 Å². The zero-order chi connectivity index (χ0) is 17.2. The van der Waals surface area contributed by atoms with E-state index in [2.05, 4.69) is 16.2 Å². The molecule has 2 atom stereocenters. The van der Waals surface area contributed by atoms with Crippen molar-refractivity contribution >= 4 is 17.5 Å². The second-order valence-electron chi connectivity index (χ2n) is 6.09. The van der Waals surface area contributed by atoms with Crippen LogP contribution in [-0.2, 0) is 11.3 Å². The Morgan fingerprint density at radius 3 is 2.76 bits per heavy atom. The van der Waals surface area contributed by atoms with E-state index in [1.54, 1.807) is 0 Å². The van der Waals surface area contributed by atoms with Gasteiger partial charge in [0.1, 0.15) is 6.04 Å². The lowest BCUT2D eigenvalue weighted by molar-refractivity contribution is -0.123. The lowest BCUT2D eigenvalue weighted by Crippen LogP contribution is -2.42. The van der Waals surface area contributed by atoms with E-state index in [1.807, 2.05) is 42.5 Å². The van der Waals surface area contributed by atoms with Crippen molar-refractivity contribution in [3.05, 3.63) is 58.6 Å². The molecule has 1 fully saturated rings. The first-order valence-corrected chi connectivity index (χ1v) is 8.49. The van der Waals surface area contributed by atoms with Gasteiger partial charge in [-0.25, -0.2) is 10.9 Å². The van der Waals surface area contributed by atoms with Crippen molar-refractivity contribution in [2.24, 2.45) is 0 Å². The molecule has 2 aliphatic rings. The summed E-state index contributed by atoms with van der Waals surface area (Å²) in [6, 6.07) is 13.1. The first kappa shape index (κ1) is 16.2. The van der Waals surface area contributed by atoms with Crippen molar-refractivity contribution in [2.45, 2.75) is 25.0 Å². The summed E-state index contributed by atoms with van der Waals surface area (Å²) in [5.41, 5.74) is 8.29. The summed E-state index contributed by atoms with van der Waals surface area (Å²) in [7, 11) is 0. The maximum Gasteiger partial charge on any atom is 0.238 e. The van der Waals surface area contributed by atoms with Gasteiger partial charge in [-0.15, -0.1) is 0 Å². The van der Waals surface area contributed by atoms with Crippen LogP contribution in [0.3, 0.4) is 0 Å². The number of hydrogen-bond donors (Lipinski definition) is 3. The molecule has 2 aromatic rings. The highest BCUT2D eigenvalue weighted by Gasteiger charge is 2.29. The van der Waals surface area contributed by atoms with E-state index in [0.29, 0.717) is 18.0 Å². The SMILES string of the molecule is O=C(NCc1ccc2c(c1)OCO2)C1CC(c2ccc(Cl)cc2)NN1. The molecule has 3 N–H and O–H groups in total. The number of carbonyl (C=O) groups excluding carboxylic acids is 1. The first-order valence-electron chi connectivity index (χ1n) is 8.12. The fourth-order valence-corrected chi connectivity index (χ4v) is 3.13. The summed E-state index contributed by atoms with van der Waals surface area (Å²) in [6.45, 7) is 0.689. The van der Waals surface area contributed by atoms with E-state index in [0.717, 1.165) is 22.6 Å². The maximum absolute atomic E-state index is 12.4. The molecular weight excluding hydrogens is 342 g/mol. The van der Waals surface area contributed by atoms with Gasteiger partial charge in [-0.05, 0) is 41.8 Å². The molecule has 2 aromatic carbocycles. The second-order valence-corrected chi connectivity index (χ2v) is 6.52. The molecule has 0 radical (unpaired) electrons. The molecule has 6 nitrogen and oxygen atoms in total. The quantitative estimate of drug-likeness (QED) is 0.781. The first-order chi connectivity index (χ1) is 12.2. The highest BCUT2D eigenvalue weighted by Crippen LogP contribution is 2.32. The van der Waals surface area contributed by atoms with Gasteiger partial charge < -0.3 is 14.8 Å². The Morgan fingerprint density at radius 1 is 1.12 bits per heavy atom. The molecule has 25 heavy (non-hydrogen) atoms. The van der Waals surface area contributed by atoms with Crippen molar-refractivity contribution < 1.29 is 14.3 Å². The Kier molecular flexibility index (Phi) is 4.48. The van der Waals surface area contributed by atoms with Crippen molar-refractivity contribution in [3.8, 4) is 11.5 Å². The number of fused-ring (bicyclic) bond motifs is 1. The van der Waals surface area contributed by atoms with Crippen LogP contribution in [0.2, 0.25) is 5.02 Å². The van der Waals surface area contributed by atoms with Crippen molar-refractivity contribution in [1.29, 1.82) is 0 Å². The number of halogens is 1. The van der Waals surface area contributed by atoms with Gasteiger partial charge in [0.25, 0.3) is 0 Å². The van der Waals surface area contributed by atoms with Gasteiger partial charge in [0.05, 0.1) is 0 Å². The summed E-state index contributed by atoms with van der Waals surface area (Å²) < 4.78 is 10.6. The Balaban J connectivity index is 1.32. The van der Waals surface area contributed by atoms with Crippen LogP contribution in [0.1, 0.15) is 23.6 Å². The van der Waals surface area contributed by atoms with Crippen LogP contribution in [0.5, 0.6) is 11.5 Å². The van der Waals surface area contributed by atoms with Gasteiger partial charge >= 0.3 is 0 Å². The number of rotatable bonds is 4. The van der Waals surface area contributed by atoms with Gasteiger partial charge in [-0.3, -0.25) is 4.79 Å². The normalized spacial score (nSPS) is 21.3. The molecule has 1 saturated heterocycles. The average Bonchev–Trinajstić information content (AvgIpc) is 3.29. The molecule has 1 amide bonds. The van der Waals surface area contributed by atoms with Gasteiger partial charge in [-0.2, -0.15) is 0 Å². The lowest BCUT2D eigenvalue weighted by atomic mass is 10.0. The Labute approximate surface area is 150 Å². The van der Waals surface area contributed by atoms with Gasteiger partial charge in [0.2, 0.25) is 12.7 Å². The number of hydrazine groups is 1. The van der Waals surface area contributed by atoms with Gasteiger partial charge in [0, 0.05) is 17.6 Å². The Hall–Kier alpha value is -2.28. The molecule has 7 heteroatoms. The number of nitrogens with one attached hydrogen (secondary N) is 3. The molecule has 0 spiro atoms. The minimum atomic E-state index is -0.283. The monoisotopic (exact) mass is 359 g/mol. The predicted molar refractivity (Wildman–Crippen MR) is 93.3 cm³/mol. The molecule has 2 aliphatic heterocycles. The topological polar surface area (TPSA) is 71.6 Å². The van der Waals surface area contributed by atoms with Crippen LogP contribution in [-0.4, -0.2) is 18.7 Å². The van der Waals surface area contributed by atoms with Gasteiger partial charge in [-0.1, -0.05) is 29.8 Å². The van der Waals surface area contributed by atoms with Gasteiger partial charge in [0.15, 0.2) is 11.5 Å². The van der Waals surface area contributed by atoms with Crippen molar-refractivity contribution in [3.63, 3.8) is 0 Å². The lowest BCUT2D eigenvalue weighted by Gasteiger charge is -2.11. The third kappa shape index (κ3) is 3.56. The van der Waals surface area contributed by atoms with E-state index < -0.39 is 0 Å². The zero-order valence-corrected chi connectivity index (χ0v) is 14.2. The van der Waals surface area contributed by atoms with Crippen molar-refractivity contribution in [1.82, 2.24) is 16.2 Å². The van der Waals surface area contributed by atoms with E-state index in [-0.39, 0.29) is 24.8 Å². The third-order valence-electron chi connectivity index (χ3n) is 4.40. The predicted octanol–water partition coefficient (Wildman–Crippen LogP) is 2.29. The number of ether oxygens (including phenoxy) is 2. The van der Waals surface area contributed by atoms with Crippen LogP contribution in [0, 0.1) is 0 Å². The standard InChI is InChI=1S/C18H18ClN3O3/c19-13-4-2-12(3-5-13)14-8-15(22-21-14)18(23)20-9-11-1-6-16-17(7-11)25-10-24-16/h1-7,14-15,21-22H,8-10H2,(H,20,23). The summed E-state index contributed by atoms with van der Waals surface area (Å²) in [6.07, 6.45) is 0.675. The zero-order valence-electron chi connectivity index (χ0n) is 13.4. The third-order valence-corrected chi connectivity index (χ3v) is 4.65. The Morgan fingerprint density at radius 2 is 1.92 bits per heavy atom. The minimum absolute atomic E-state index is 0.0402. The van der Waals surface area contributed by atoms with Crippen LogP contribution < -0.4 is 25.6 Å². The van der Waals surface area contributed by atoms with Crippen LogP contribution in [0.4, 0.5) is 0 Å². The minimum Gasteiger partial charge on any atom is -0.454 e. The number of carbonyl (C=O) groups is 1. The summed E-state index contributed by atoms with van der Waals surface area (Å²) in [4.78, 5) is 12.4. The molecule has 0 aromatic heterocycles. The van der Waals surface area contributed by atoms with E-state index in [9.17, 15) is 4.79 Å². The average molecular weight is 360 g/mol. The molecule has 4 rings (SSSR count).